The fourth-order valence-corrected chi connectivity index (χ4v) is 4.14. The van der Waals surface area contributed by atoms with Crippen LogP contribution in [-0.2, 0) is 5.92 Å². The smallest absolute Gasteiger partial charge is 0.336 e. The standard InChI is InChI=1S/C20H14F5NO/c1-10-2-3-14-18-15(20(24,25)19(14,22)23)4-5-16(17(10)18)27-13-7-11(9-26)6-12(21)8-13/h4-8,10,14H,2-3H2,1H3. The van der Waals surface area contributed by atoms with E-state index in [1.807, 2.05) is 0 Å². The number of nitrogens with zero attached hydrogens (tertiary/aromatic N) is 1. The molecule has 0 bridgehead atoms. The van der Waals surface area contributed by atoms with Gasteiger partial charge in [0.15, 0.2) is 0 Å². The van der Waals surface area contributed by atoms with Crippen molar-refractivity contribution in [2.75, 3.05) is 0 Å². The molecule has 2 aliphatic rings. The van der Waals surface area contributed by atoms with E-state index in [4.69, 9.17) is 10.00 Å². The highest BCUT2D eigenvalue weighted by Crippen LogP contribution is 2.64. The van der Waals surface area contributed by atoms with Crippen LogP contribution in [0.1, 0.15) is 53.9 Å². The Kier molecular flexibility index (Phi) is 3.74. The van der Waals surface area contributed by atoms with E-state index in [-0.39, 0.29) is 35.0 Å². The molecule has 0 aromatic heterocycles. The number of halogens is 5. The molecule has 0 radical (unpaired) electrons. The minimum absolute atomic E-state index is 0.00795. The Balaban J connectivity index is 1.86. The molecule has 2 atom stereocenters. The van der Waals surface area contributed by atoms with Crippen molar-refractivity contribution in [1.29, 1.82) is 5.26 Å². The van der Waals surface area contributed by atoms with Crippen LogP contribution in [-0.4, -0.2) is 5.92 Å². The molecule has 0 saturated carbocycles. The van der Waals surface area contributed by atoms with E-state index >= 15 is 0 Å². The van der Waals surface area contributed by atoms with Crippen LogP contribution in [0.5, 0.6) is 11.5 Å². The number of nitriles is 1. The van der Waals surface area contributed by atoms with E-state index < -0.39 is 29.1 Å². The first-order valence-electron chi connectivity index (χ1n) is 8.48. The van der Waals surface area contributed by atoms with Gasteiger partial charge < -0.3 is 4.74 Å². The van der Waals surface area contributed by atoms with E-state index in [9.17, 15) is 22.0 Å². The van der Waals surface area contributed by atoms with E-state index in [1.54, 1.807) is 13.0 Å². The summed E-state index contributed by atoms with van der Waals surface area (Å²) >= 11 is 0. The lowest BCUT2D eigenvalue weighted by Crippen LogP contribution is -2.37. The molecular formula is C20H14F5NO. The molecule has 0 saturated heterocycles. The van der Waals surface area contributed by atoms with Crippen molar-refractivity contribution in [1.82, 2.24) is 0 Å². The summed E-state index contributed by atoms with van der Waals surface area (Å²) in [5, 5.41) is 8.94. The molecule has 4 rings (SSSR count). The third-order valence-corrected chi connectivity index (χ3v) is 5.40. The van der Waals surface area contributed by atoms with Gasteiger partial charge in [0.05, 0.1) is 17.6 Å². The number of alkyl halides is 4. The highest BCUT2D eigenvalue weighted by atomic mass is 19.3. The first-order valence-corrected chi connectivity index (χ1v) is 8.48. The second kappa shape index (κ2) is 5.69. The number of ether oxygens (including phenoxy) is 1. The molecule has 140 valence electrons. The van der Waals surface area contributed by atoms with Crippen molar-refractivity contribution >= 4 is 0 Å². The monoisotopic (exact) mass is 379 g/mol. The first-order chi connectivity index (χ1) is 12.7. The highest BCUT2D eigenvalue weighted by Gasteiger charge is 2.69. The van der Waals surface area contributed by atoms with Gasteiger partial charge >= 0.3 is 11.8 Å². The van der Waals surface area contributed by atoms with Gasteiger partial charge in [-0.15, -0.1) is 0 Å². The van der Waals surface area contributed by atoms with Gasteiger partial charge in [0, 0.05) is 17.2 Å². The fourth-order valence-electron chi connectivity index (χ4n) is 4.14. The maximum atomic E-state index is 14.4. The van der Waals surface area contributed by atoms with Gasteiger partial charge in [-0.3, -0.25) is 0 Å². The molecule has 2 aliphatic carbocycles. The van der Waals surface area contributed by atoms with Crippen molar-refractivity contribution in [3.05, 3.63) is 58.4 Å². The van der Waals surface area contributed by atoms with Gasteiger partial charge in [-0.05, 0) is 48.6 Å². The molecule has 0 N–H and O–H groups in total. The van der Waals surface area contributed by atoms with Gasteiger partial charge in [-0.25, -0.2) is 4.39 Å². The molecule has 2 nitrogen and oxygen atoms in total. The molecule has 0 spiro atoms. The molecule has 27 heavy (non-hydrogen) atoms. The molecule has 2 unspecified atom stereocenters. The molecule has 2 aromatic carbocycles. The molecule has 7 heteroatoms. The van der Waals surface area contributed by atoms with Gasteiger partial charge in [0.1, 0.15) is 17.3 Å². The maximum absolute atomic E-state index is 14.4. The Hall–Kier alpha value is -2.62. The summed E-state index contributed by atoms with van der Waals surface area (Å²) in [6.07, 6.45) is 0.279. The van der Waals surface area contributed by atoms with Gasteiger partial charge in [-0.2, -0.15) is 22.8 Å². The lowest BCUT2D eigenvalue weighted by Gasteiger charge is -2.31. The van der Waals surface area contributed by atoms with Gasteiger partial charge in [-0.1, -0.05) is 6.92 Å². The predicted molar refractivity (Wildman–Crippen MR) is 86.9 cm³/mol. The zero-order valence-corrected chi connectivity index (χ0v) is 14.2. The van der Waals surface area contributed by atoms with E-state index in [1.165, 1.54) is 12.1 Å². The van der Waals surface area contributed by atoms with Crippen LogP contribution >= 0.6 is 0 Å². The second-order valence-electron chi connectivity index (χ2n) is 7.06. The Morgan fingerprint density at radius 1 is 1.07 bits per heavy atom. The van der Waals surface area contributed by atoms with Crippen molar-refractivity contribution in [3.63, 3.8) is 0 Å². The van der Waals surface area contributed by atoms with Crippen molar-refractivity contribution in [2.45, 2.75) is 43.4 Å². The first kappa shape index (κ1) is 17.8. The van der Waals surface area contributed by atoms with Gasteiger partial charge in [0.25, 0.3) is 0 Å². The summed E-state index contributed by atoms with van der Waals surface area (Å²) in [4.78, 5) is 0. The Morgan fingerprint density at radius 2 is 1.81 bits per heavy atom. The number of hydrogen-bond donors (Lipinski definition) is 0. The average Bonchev–Trinajstić information content (AvgIpc) is 2.75. The van der Waals surface area contributed by atoms with Crippen LogP contribution in [0.4, 0.5) is 22.0 Å². The van der Waals surface area contributed by atoms with Crippen LogP contribution in [0, 0.1) is 17.1 Å². The van der Waals surface area contributed by atoms with E-state index in [0.717, 1.165) is 18.2 Å². The summed E-state index contributed by atoms with van der Waals surface area (Å²) in [7, 11) is 0. The highest BCUT2D eigenvalue weighted by molar-refractivity contribution is 5.57. The molecular weight excluding hydrogens is 365 g/mol. The summed E-state index contributed by atoms with van der Waals surface area (Å²) in [6, 6.07) is 7.36. The van der Waals surface area contributed by atoms with Crippen LogP contribution in [0.3, 0.4) is 0 Å². The maximum Gasteiger partial charge on any atom is 0.336 e. The van der Waals surface area contributed by atoms with Crippen LogP contribution in [0.2, 0.25) is 0 Å². The van der Waals surface area contributed by atoms with Gasteiger partial charge in [0.2, 0.25) is 0 Å². The van der Waals surface area contributed by atoms with E-state index in [2.05, 4.69) is 0 Å². The number of benzene rings is 2. The SMILES string of the molecule is CC1CCC2c3c(ccc(Oc4cc(F)cc(C#N)c4)c31)C(F)(F)C2(F)F. The van der Waals surface area contributed by atoms with Crippen LogP contribution < -0.4 is 4.74 Å². The zero-order valence-electron chi connectivity index (χ0n) is 14.2. The van der Waals surface area contributed by atoms with Crippen molar-refractivity contribution in [3.8, 4) is 17.6 Å². The lowest BCUT2D eigenvalue weighted by molar-refractivity contribution is -0.216. The topological polar surface area (TPSA) is 33.0 Å². The quantitative estimate of drug-likeness (QED) is 0.581. The normalized spacial score (nSPS) is 24.2. The zero-order chi connectivity index (χ0) is 19.6. The van der Waals surface area contributed by atoms with Crippen LogP contribution in [0.25, 0.3) is 0 Å². The molecule has 2 aromatic rings. The fraction of sp³-hybridized carbons (Fsp3) is 0.350. The van der Waals surface area contributed by atoms with E-state index in [0.29, 0.717) is 12.0 Å². The summed E-state index contributed by atoms with van der Waals surface area (Å²) in [5.41, 5.74) is -0.381. The third kappa shape index (κ3) is 2.43. The van der Waals surface area contributed by atoms with Crippen LogP contribution in [0.15, 0.2) is 30.3 Å². The molecule has 0 amide bonds. The second-order valence-corrected chi connectivity index (χ2v) is 7.06. The summed E-state index contributed by atoms with van der Waals surface area (Å²) in [5.74, 6) is -10.8. The minimum atomic E-state index is -4.24. The largest absolute Gasteiger partial charge is 0.457 e. The Bertz CT molecular complexity index is 979. The minimum Gasteiger partial charge on any atom is -0.457 e. The Morgan fingerprint density at radius 3 is 2.52 bits per heavy atom. The summed E-state index contributed by atoms with van der Waals surface area (Å²) < 4.78 is 76.7. The predicted octanol–water partition coefficient (Wildman–Crippen LogP) is 6.21. The molecule has 0 fully saturated rings. The number of hydrogen-bond acceptors (Lipinski definition) is 2. The lowest BCUT2D eigenvalue weighted by atomic mass is 9.77. The summed E-state index contributed by atoms with van der Waals surface area (Å²) in [6.45, 7) is 1.76. The average molecular weight is 379 g/mol. The molecule has 0 aliphatic heterocycles. The molecule has 0 heterocycles. The third-order valence-electron chi connectivity index (χ3n) is 5.40. The number of rotatable bonds is 2. The van der Waals surface area contributed by atoms with Crippen molar-refractivity contribution < 1.29 is 26.7 Å². The van der Waals surface area contributed by atoms with Crippen molar-refractivity contribution in [2.24, 2.45) is 0 Å². The Labute approximate surface area is 152 Å².